The lowest BCUT2D eigenvalue weighted by molar-refractivity contribution is 0.284. The number of unbranched alkanes of at least 4 members (excludes halogenated alkanes) is 1. The fourth-order valence-corrected chi connectivity index (χ4v) is 1.81. The smallest absolute Gasteiger partial charge is 0.251 e. The molecule has 1 heterocycles. The quantitative estimate of drug-likeness (QED) is 0.768. The average Bonchev–Trinajstić information content (AvgIpc) is 2.30. The van der Waals surface area contributed by atoms with Crippen molar-refractivity contribution in [1.82, 2.24) is 4.98 Å². The molecule has 1 aromatic heterocycles. The van der Waals surface area contributed by atoms with Gasteiger partial charge in [0, 0.05) is 17.7 Å². The molecule has 84 valence electrons. The third-order valence-corrected chi connectivity index (χ3v) is 2.68. The molecule has 3 heteroatoms. The number of rotatable bonds is 4. The molecule has 0 saturated carbocycles. The van der Waals surface area contributed by atoms with Gasteiger partial charge in [0.15, 0.2) is 0 Å². The number of aliphatic hydroxyl groups is 1. The van der Waals surface area contributed by atoms with Crippen LogP contribution in [-0.4, -0.2) is 16.7 Å². The van der Waals surface area contributed by atoms with Gasteiger partial charge in [0.05, 0.1) is 0 Å². The largest absolute Gasteiger partial charge is 0.396 e. The van der Waals surface area contributed by atoms with Gasteiger partial charge in [-0.3, -0.25) is 4.79 Å². The molecule has 0 bridgehead atoms. The van der Waals surface area contributed by atoms with Crippen LogP contribution in [-0.2, 0) is 6.42 Å². The predicted molar refractivity (Wildman–Crippen MR) is 64.6 cm³/mol. The summed E-state index contributed by atoms with van der Waals surface area (Å²) in [6, 6.07) is 9.68. The molecule has 0 aliphatic heterocycles. The molecule has 1 aromatic carbocycles. The molecule has 3 nitrogen and oxygen atoms in total. The highest BCUT2D eigenvalue weighted by Gasteiger charge is 2.01. The summed E-state index contributed by atoms with van der Waals surface area (Å²) >= 11 is 0. The Morgan fingerprint density at radius 1 is 1.19 bits per heavy atom. The summed E-state index contributed by atoms with van der Waals surface area (Å²) in [5.74, 6) is 0. The number of hydrogen-bond donors (Lipinski definition) is 2. The normalized spacial score (nSPS) is 10.8. The lowest BCUT2D eigenvalue weighted by Gasteiger charge is -2.02. The van der Waals surface area contributed by atoms with Gasteiger partial charge in [-0.25, -0.2) is 0 Å². The van der Waals surface area contributed by atoms with Crippen LogP contribution < -0.4 is 5.56 Å². The van der Waals surface area contributed by atoms with Crippen molar-refractivity contribution in [2.75, 3.05) is 6.61 Å². The maximum Gasteiger partial charge on any atom is 0.251 e. The third-order valence-electron chi connectivity index (χ3n) is 2.68. The molecule has 0 aliphatic rings. The Hall–Kier alpha value is -1.61. The SMILES string of the molecule is O=c1[nH]c2ccccc2cc1CCCCO. The second kappa shape index (κ2) is 4.94. The van der Waals surface area contributed by atoms with Crippen LogP contribution in [0, 0.1) is 0 Å². The van der Waals surface area contributed by atoms with Crippen molar-refractivity contribution in [3.8, 4) is 0 Å². The lowest BCUT2D eigenvalue weighted by Crippen LogP contribution is -2.12. The van der Waals surface area contributed by atoms with E-state index < -0.39 is 0 Å². The first-order valence-electron chi connectivity index (χ1n) is 5.53. The molecule has 0 aliphatic carbocycles. The first-order valence-corrected chi connectivity index (χ1v) is 5.53. The molecular formula is C13H15NO2. The summed E-state index contributed by atoms with van der Waals surface area (Å²) in [4.78, 5) is 14.6. The van der Waals surface area contributed by atoms with E-state index in [2.05, 4.69) is 4.98 Å². The molecule has 0 radical (unpaired) electrons. The maximum atomic E-state index is 11.7. The van der Waals surface area contributed by atoms with E-state index in [1.165, 1.54) is 0 Å². The summed E-state index contributed by atoms with van der Waals surface area (Å²) in [5.41, 5.74) is 1.65. The van der Waals surface area contributed by atoms with Crippen molar-refractivity contribution in [1.29, 1.82) is 0 Å². The molecule has 2 rings (SSSR count). The van der Waals surface area contributed by atoms with Gasteiger partial charge in [-0.15, -0.1) is 0 Å². The Morgan fingerprint density at radius 3 is 2.81 bits per heavy atom. The molecule has 0 spiro atoms. The van der Waals surface area contributed by atoms with Gasteiger partial charge in [-0.05, 0) is 36.8 Å². The monoisotopic (exact) mass is 217 g/mol. The molecule has 0 amide bonds. The number of hydrogen-bond acceptors (Lipinski definition) is 2. The Kier molecular flexibility index (Phi) is 3.37. The predicted octanol–water partition coefficient (Wildman–Crippen LogP) is 1.84. The van der Waals surface area contributed by atoms with Crippen molar-refractivity contribution in [3.05, 3.63) is 46.2 Å². The fourth-order valence-electron chi connectivity index (χ4n) is 1.81. The van der Waals surface area contributed by atoms with Crippen LogP contribution in [0.25, 0.3) is 10.9 Å². The topological polar surface area (TPSA) is 53.1 Å². The number of nitrogens with one attached hydrogen (secondary N) is 1. The zero-order valence-corrected chi connectivity index (χ0v) is 9.07. The van der Waals surface area contributed by atoms with Gasteiger partial charge in [0.2, 0.25) is 0 Å². The first kappa shape index (κ1) is 10.9. The zero-order valence-electron chi connectivity index (χ0n) is 9.07. The maximum absolute atomic E-state index is 11.7. The number of pyridine rings is 1. The van der Waals surface area contributed by atoms with Gasteiger partial charge in [-0.2, -0.15) is 0 Å². The number of fused-ring (bicyclic) bond motifs is 1. The standard InChI is InChI=1S/C13H15NO2/c15-8-4-3-6-11-9-10-5-1-2-7-12(10)14-13(11)16/h1-2,5,7,9,15H,3-4,6,8H2,(H,14,16). The van der Waals surface area contributed by atoms with Gasteiger partial charge in [-0.1, -0.05) is 18.2 Å². The number of aliphatic hydroxyl groups excluding tert-OH is 1. The highest BCUT2D eigenvalue weighted by molar-refractivity contribution is 5.78. The second-order valence-electron chi connectivity index (χ2n) is 3.89. The Labute approximate surface area is 93.7 Å². The summed E-state index contributed by atoms with van der Waals surface area (Å²) < 4.78 is 0. The Bertz CT molecular complexity index is 531. The van der Waals surface area contributed by atoms with Crippen LogP contribution in [0.15, 0.2) is 35.1 Å². The Morgan fingerprint density at radius 2 is 2.00 bits per heavy atom. The summed E-state index contributed by atoms with van der Waals surface area (Å²) in [7, 11) is 0. The minimum atomic E-state index is -0.0170. The van der Waals surface area contributed by atoms with E-state index in [1.54, 1.807) is 0 Å². The number of aryl methyl sites for hydroxylation is 1. The van der Waals surface area contributed by atoms with E-state index in [4.69, 9.17) is 5.11 Å². The van der Waals surface area contributed by atoms with E-state index in [9.17, 15) is 4.79 Å². The van der Waals surface area contributed by atoms with Crippen molar-refractivity contribution in [2.45, 2.75) is 19.3 Å². The van der Waals surface area contributed by atoms with E-state index in [-0.39, 0.29) is 12.2 Å². The minimum absolute atomic E-state index is 0.0170. The number of aromatic nitrogens is 1. The number of H-pyrrole nitrogens is 1. The summed E-state index contributed by atoms with van der Waals surface area (Å²) in [6.07, 6.45) is 2.31. The van der Waals surface area contributed by atoms with Crippen molar-refractivity contribution in [2.24, 2.45) is 0 Å². The van der Waals surface area contributed by atoms with Crippen molar-refractivity contribution >= 4 is 10.9 Å². The number of para-hydroxylation sites is 1. The fraction of sp³-hybridized carbons (Fsp3) is 0.308. The van der Waals surface area contributed by atoms with E-state index in [0.29, 0.717) is 0 Å². The summed E-state index contributed by atoms with van der Waals surface area (Å²) in [5, 5.41) is 9.76. The average molecular weight is 217 g/mol. The highest BCUT2D eigenvalue weighted by Crippen LogP contribution is 2.11. The van der Waals surface area contributed by atoms with Crippen LogP contribution in [0.1, 0.15) is 18.4 Å². The van der Waals surface area contributed by atoms with Gasteiger partial charge in [0.1, 0.15) is 0 Å². The molecule has 2 aromatic rings. The zero-order chi connectivity index (χ0) is 11.4. The molecule has 16 heavy (non-hydrogen) atoms. The summed E-state index contributed by atoms with van der Waals surface area (Å²) in [6.45, 7) is 0.186. The lowest BCUT2D eigenvalue weighted by atomic mass is 10.1. The number of benzene rings is 1. The van der Waals surface area contributed by atoms with E-state index in [0.717, 1.165) is 35.7 Å². The third kappa shape index (κ3) is 2.31. The van der Waals surface area contributed by atoms with Crippen LogP contribution in [0.4, 0.5) is 0 Å². The molecule has 2 N–H and O–H groups in total. The minimum Gasteiger partial charge on any atom is -0.396 e. The number of aromatic amines is 1. The first-order chi connectivity index (χ1) is 7.81. The van der Waals surface area contributed by atoms with Crippen LogP contribution >= 0.6 is 0 Å². The van der Waals surface area contributed by atoms with Gasteiger partial charge < -0.3 is 10.1 Å². The van der Waals surface area contributed by atoms with Gasteiger partial charge in [0.25, 0.3) is 5.56 Å². The second-order valence-corrected chi connectivity index (χ2v) is 3.89. The molecule has 0 unspecified atom stereocenters. The van der Waals surface area contributed by atoms with Crippen molar-refractivity contribution < 1.29 is 5.11 Å². The van der Waals surface area contributed by atoms with Crippen LogP contribution in [0.3, 0.4) is 0 Å². The molecule has 0 saturated heterocycles. The molecular weight excluding hydrogens is 202 g/mol. The molecule has 0 fully saturated rings. The van der Waals surface area contributed by atoms with Crippen molar-refractivity contribution in [3.63, 3.8) is 0 Å². The molecule has 0 atom stereocenters. The van der Waals surface area contributed by atoms with Crippen LogP contribution in [0.2, 0.25) is 0 Å². The van der Waals surface area contributed by atoms with E-state index >= 15 is 0 Å². The Balaban J connectivity index is 2.31. The van der Waals surface area contributed by atoms with Crippen LogP contribution in [0.5, 0.6) is 0 Å². The highest BCUT2D eigenvalue weighted by atomic mass is 16.2. The van der Waals surface area contributed by atoms with Gasteiger partial charge >= 0.3 is 0 Å². The van der Waals surface area contributed by atoms with E-state index in [1.807, 2.05) is 30.3 Å².